The molecule has 0 aliphatic heterocycles. The summed E-state index contributed by atoms with van der Waals surface area (Å²) in [7, 11) is 1.68. The van der Waals surface area contributed by atoms with Gasteiger partial charge in [-0.05, 0) is 42.5 Å². The van der Waals surface area contributed by atoms with Crippen molar-refractivity contribution in [3.63, 3.8) is 0 Å². The Morgan fingerprint density at radius 1 is 1.31 bits per heavy atom. The third-order valence-corrected chi connectivity index (χ3v) is 2.60. The predicted molar refractivity (Wildman–Crippen MR) is 71.4 cm³/mol. The Morgan fingerprint density at radius 3 is 2.38 bits per heavy atom. The van der Waals surface area contributed by atoms with Gasteiger partial charge in [0, 0.05) is 6.04 Å². The molecule has 0 saturated heterocycles. The molecule has 0 aliphatic rings. The van der Waals surface area contributed by atoms with Gasteiger partial charge >= 0.3 is 0 Å². The number of benzene rings is 1. The van der Waals surface area contributed by atoms with E-state index in [0.717, 1.165) is 12.2 Å². The fraction of sp³-hybridized carbons (Fsp3) is 0.538. The van der Waals surface area contributed by atoms with Crippen molar-refractivity contribution in [1.29, 1.82) is 0 Å². The summed E-state index contributed by atoms with van der Waals surface area (Å²) in [5.74, 6) is 1.52. The predicted octanol–water partition coefficient (Wildman–Crippen LogP) is 3.47. The molecule has 0 bridgehead atoms. The maximum atomic E-state index is 6.15. The molecule has 0 amide bonds. The van der Waals surface area contributed by atoms with Crippen LogP contribution in [0.25, 0.3) is 0 Å². The Morgan fingerprint density at radius 2 is 1.94 bits per heavy atom. The summed E-state index contributed by atoms with van der Waals surface area (Å²) in [6.45, 7) is 6.47. The number of hydrogen-bond donors (Lipinski definition) is 1. The first-order chi connectivity index (χ1) is 7.04. The molecule has 0 unspecified atom stereocenters. The third kappa shape index (κ3) is 4.03. The van der Waals surface area contributed by atoms with E-state index >= 15 is 0 Å². The van der Waals surface area contributed by atoms with E-state index in [2.05, 4.69) is 26.8 Å². The molecule has 92 valence electrons. The van der Waals surface area contributed by atoms with Crippen LogP contribution in [0, 0.1) is 12.8 Å². The molecule has 0 fully saturated rings. The minimum Gasteiger partial charge on any atom is -0.497 e. The highest BCUT2D eigenvalue weighted by Gasteiger charge is 2.11. The lowest BCUT2D eigenvalue weighted by atomic mass is 9.94. The van der Waals surface area contributed by atoms with E-state index in [9.17, 15) is 0 Å². The van der Waals surface area contributed by atoms with Gasteiger partial charge in [-0.3, -0.25) is 0 Å². The van der Waals surface area contributed by atoms with Crippen molar-refractivity contribution in [2.24, 2.45) is 11.7 Å². The summed E-state index contributed by atoms with van der Waals surface area (Å²) in [6, 6.07) is 6.22. The first kappa shape index (κ1) is 15.3. The lowest BCUT2D eigenvalue weighted by molar-refractivity contribution is 0.414. The number of ether oxygens (including phenoxy) is 1. The standard InChI is InChI=1S/C13H21NO.ClH/c1-9(2)7-13(14)12-6-5-11(15-4)8-10(12)3;/h5-6,8-9,13H,7,14H2,1-4H3;1H/t13-;/m1./s1. The lowest BCUT2D eigenvalue weighted by Gasteiger charge is -2.17. The Balaban J connectivity index is 0.00000225. The third-order valence-electron chi connectivity index (χ3n) is 2.60. The monoisotopic (exact) mass is 243 g/mol. The molecule has 0 aliphatic carbocycles. The summed E-state index contributed by atoms with van der Waals surface area (Å²) in [5.41, 5.74) is 8.58. The van der Waals surface area contributed by atoms with E-state index in [4.69, 9.17) is 10.5 Å². The van der Waals surface area contributed by atoms with Gasteiger partial charge in [0.25, 0.3) is 0 Å². The largest absolute Gasteiger partial charge is 0.497 e. The van der Waals surface area contributed by atoms with Gasteiger partial charge in [-0.15, -0.1) is 12.4 Å². The maximum Gasteiger partial charge on any atom is 0.119 e. The highest BCUT2D eigenvalue weighted by molar-refractivity contribution is 5.85. The normalized spacial score (nSPS) is 12.1. The fourth-order valence-electron chi connectivity index (χ4n) is 1.83. The highest BCUT2D eigenvalue weighted by atomic mass is 35.5. The molecular weight excluding hydrogens is 222 g/mol. The summed E-state index contributed by atoms with van der Waals surface area (Å²) in [5, 5.41) is 0. The molecule has 16 heavy (non-hydrogen) atoms. The van der Waals surface area contributed by atoms with Crippen molar-refractivity contribution < 1.29 is 4.74 Å². The molecule has 1 aromatic rings. The van der Waals surface area contributed by atoms with E-state index in [1.165, 1.54) is 11.1 Å². The molecule has 2 nitrogen and oxygen atoms in total. The van der Waals surface area contributed by atoms with E-state index in [-0.39, 0.29) is 18.4 Å². The quantitative estimate of drug-likeness (QED) is 0.879. The second-order valence-electron chi connectivity index (χ2n) is 4.46. The zero-order chi connectivity index (χ0) is 11.4. The van der Waals surface area contributed by atoms with Crippen LogP contribution in [0.15, 0.2) is 18.2 Å². The molecule has 1 atom stereocenters. The number of aryl methyl sites for hydroxylation is 1. The van der Waals surface area contributed by atoms with E-state index in [0.29, 0.717) is 5.92 Å². The zero-order valence-corrected chi connectivity index (χ0v) is 11.3. The van der Waals surface area contributed by atoms with Gasteiger partial charge in [0.05, 0.1) is 7.11 Å². The summed E-state index contributed by atoms with van der Waals surface area (Å²) >= 11 is 0. The second-order valence-corrected chi connectivity index (χ2v) is 4.46. The van der Waals surface area contributed by atoms with Gasteiger partial charge in [-0.2, -0.15) is 0 Å². The van der Waals surface area contributed by atoms with Gasteiger partial charge in [0.1, 0.15) is 5.75 Å². The smallest absolute Gasteiger partial charge is 0.119 e. The molecule has 1 rings (SSSR count). The zero-order valence-electron chi connectivity index (χ0n) is 10.5. The van der Waals surface area contributed by atoms with Crippen molar-refractivity contribution in [2.45, 2.75) is 33.2 Å². The van der Waals surface area contributed by atoms with Crippen LogP contribution in [0.1, 0.15) is 37.4 Å². The Kier molecular flexibility index (Phi) is 6.46. The van der Waals surface area contributed by atoms with Crippen molar-refractivity contribution in [2.75, 3.05) is 7.11 Å². The van der Waals surface area contributed by atoms with Crippen LogP contribution in [-0.2, 0) is 0 Å². The Labute approximate surface area is 105 Å². The van der Waals surface area contributed by atoms with Crippen LogP contribution < -0.4 is 10.5 Å². The van der Waals surface area contributed by atoms with Crippen LogP contribution in [-0.4, -0.2) is 7.11 Å². The van der Waals surface area contributed by atoms with Crippen molar-refractivity contribution >= 4 is 12.4 Å². The van der Waals surface area contributed by atoms with Gasteiger partial charge < -0.3 is 10.5 Å². The summed E-state index contributed by atoms with van der Waals surface area (Å²) in [4.78, 5) is 0. The molecule has 1 aromatic carbocycles. The van der Waals surface area contributed by atoms with Gasteiger partial charge in [-0.1, -0.05) is 19.9 Å². The molecule has 0 spiro atoms. The van der Waals surface area contributed by atoms with Crippen molar-refractivity contribution in [1.82, 2.24) is 0 Å². The molecule has 3 heteroatoms. The van der Waals surface area contributed by atoms with E-state index < -0.39 is 0 Å². The summed E-state index contributed by atoms with van der Waals surface area (Å²) < 4.78 is 5.17. The average molecular weight is 244 g/mol. The molecular formula is C13H22ClNO. The van der Waals surface area contributed by atoms with E-state index in [1.807, 2.05) is 12.1 Å². The molecule has 0 heterocycles. The first-order valence-corrected chi connectivity index (χ1v) is 5.44. The van der Waals surface area contributed by atoms with Crippen LogP contribution in [0.2, 0.25) is 0 Å². The van der Waals surface area contributed by atoms with Crippen LogP contribution in [0.3, 0.4) is 0 Å². The number of methoxy groups -OCH3 is 1. The number of rotatable bonds is 4. The first-order valence-electron chi connectivity index (χ1n) is 5.44. The van der Waals surface area contributed by atoms with E-state index in [1.54, 1.807) is 7.11 Å². The average Bonchev–Trinajstić information content (AvgIpc) is 2.16. The molecule has 0 saturated carbocycles. The highest BCUT2D eigenvalue weighted by Crippen LogP contribution is 2.25. The van der Waals surface area contributed by atoms with Crippen molar-refractivity contribution in [3.8, 4) is 5.75 Å². The maximum absolute atomic E-state index is 6.15. The number of halogens is 1. The van der Waals surface area contributed by atoms with Crippen molar-refractivity contribution in [3.05, 3.63) is 29.3 Å². The lowest BCUT2D eigenvalue weighted by Crippen LogP contribution is -2.14. The molecule has 0 aromatic heterocycles. The summed E-state index contributed by atoms with van der Waals surface area (Å²) in [6.07, 6.45) is 1.02. The Hall–Kier alpha value is -0.730. The van der Waals surface area contributed by atoms with Crippen LogP contribution in [0.4, 0.5) is 0 Å². The molecule has 2 N–H and O–H groups in total. The van der Waals surface area contributed by atoms with Gasteiger partial charge in [0.15, 0.2) is 0 Å². The minimum absolute atomic E-state index is 0. The van der Waals surface area contributed by atoms with Crippen LogP contribution >= 0.6 is 12.4 Å². The second kappa shape index (κ2) is 6.77. The van der Waals surface area contributed by atoms with Gasteiger partial charge in [-0.25, -0.2) is 0 Å². The SMILES string of the molecule is COc1ccc([C@H](N)CC(C)C)c(C)c1.Cl. The topological polar surface area (TPSA) is 35.2 Å². The van der Waals surface area contributed by atoms with Crippen LogP contribution in [0.5, 0.6) is 5.75 Å². The van der Waals surface area contributed by atoms with Gasteiger partial charge in [0.2, 0.25) is 0 Å². The fourth-order valence-corrected chi connectivity index (χ4v) is 1.83. The minimum atomic E-state index is 0. The number of hydrogen-bond acceptors (Lipinski definition) is 2. The number of nitrogens with two attached hydrogens (primary N) is 1. The molecule has 0 radical (unpaired) electrons. The Bertz CT molecular complexity index is 326.